The maximum Gasteiger partial charge on any atom is 0.408 e. The summed E-state index contributed by atoms with van der Waals surface area (Å²) in [5.74, 6) is -0.649. The van der Waals surface area contributed by atoms with Crippen LogP contribution in [0.2, 0.25) is 0 Å². The quantitative estimate of drug-likeness (QED) is 0.531. The van der Waals surface area contributed by atoms with Crippen LogP contribution in [0.25, 0.3) is 0 Å². The second kappa shape index (κ2) is 11.1. The Kier molecular flexibility index (Phi) is 9.63. The number of alkyl carbamates (subject to hydrolysis) is 1. The third-order valence-electron chi connectivity index (χ3n) is 4.43. The smallest absolute Gasteiger partial charge is 0.408 e. The zero-order valence-electron chi connectivity index (χ0n) is 20.8. The van der Waals surface area contributed by atoms with Crippen molar-refractivity contribution in [2.75, 3.05) is 5.75 Å². The molecule has 0 aromatic heterocycles. The van der Waals surface area contributed by atoms with Crippen molar-refractivity contribution in [3.63, 3.8) is 0 Å². The first-order valence-electron chi connectivity index (χ1n) is 10.9. The molecule has 0 aliphatic heterocycles. The lowest BCUT2D eigenvalue weighted by Gasteiger charge is -2.43. The molecule has 1 aromatic carbocycles. The first-order chi connectivity index (χ1) is 14.6. The van der Waals surface area contributed by atoms with Crippen LogP contribution < -0.4 is 10.6 Å². The van der Waals surface area contributed by atoms with E-state index in [2.05, 4.69) is 23.3 Å². The summed E-state index contributed by atoms with van der Waals surface area (Å²) < 4.78 is 5.31. The van der Waals surface area contributed by atoms with Gasteiger partial charge < -0.3 is 20.3 Å². The number of ether oxygens (including phenoxy) is 1. The van der Waals surface area contributed by atoms with Gasteiger partial charge >= 0.3 is 6.09 Å². The molecule has 0 bridgehead atoms. The minimum absolute atomic E-state index is 0.0526. The summed E-state index contributed by atoms with van der Waals surface area (Å²) in [6.45, 7) is 16.5. The zero-order valence-corrected chi connectivity index (χ0v) is 21.7. The van der Waals surface area contributed by atoms with Crippen molar-refractivity contribution in [1.82, 2.24) is 15.5 Å². The second-order valence-electron chi connectivity index (χ2n) is 10.2. The molecule has 3 amide bonds. The average molecular weight is 466 g/mol. The van der Waals surface area contributed by atoms with E-state index < -0.39 is 35.2 Å². The van der Waals surface area contributed by atoms with E-state index in [1.807, 2.05) is 65.8 Å². The molecule has 0 aliphatic carbocycles. The standard InChI is InChI=1S/C24H39N3O4S/c1-15(2)25-20(28)19(17-12-10-11-16(3)13-17)27(23(4,5)6)21(29)18(14-32)26-22(30)31-24(7,8)9/h10-13,15,18-19,32H,14H2,1-9H3,(H,25,28)(H,26,30). The number of thiol groups is 1. The first kappa shape index (κ1) is 27.8. The number of nitrogens with one attached hydrogen (secondary N) is 2. The van der Waals surface area contributed by atoms with Gasteiger partial charge in [0.05, 0.1) is 0 Å². The SMILES string of the molecule is Cc1cccc(C(C(=O)NC(C)C)N(C(=O)C(CS)NC(=O)OC(C)(C)C)C(C)(C)C)c1. The number of carbonyl (C=O) groups is 3. The monoisotopic (exact) mass is 465 g/mol. The molecule has 0 saturated heterocycles. The Morgan fingerprint density at radius 1 is 1.06 bits per heavy atom. The van der Waals surface area contributed by atoms with Crippen molar-refractivity contribution in [2.45, 2.75) is 91.6 Å². The molecule has 1 aromatic rings. The fourth-order valence-electron chi connectivity index (χ4n) is 3.27. The van der Waals surface area contributed by atoms with Crippen LogP contribution in [0.4, 0.5) is 4.79 Å². The minimum Gasteiger partial charge on any atom is -0.444 e. The van der Waals surface area contributed by atoms with Crippen molar-refractivity contribution in [3.05, 3.63) is 35.4 Å². The molecular formula is C24H39N3O4S. The first-order valence-corrected chi connectivity index (χ1v) is 11.5. The highest BCUT2D eigenvalue weighted by Crippen LogP contribution is 2.30. The Hall–Kier alpha value is -2.22. The Bertz CT molecular complexity index is 812. The lowest BCUT2D eigenvalue weighted by Crippen LogP contribution is -2.59. The van der Waals surface area contributed by atoms with Crippen LogP contribution in [0.15, 0.2) is 24.3 Å². The molecule has 0 radical (unpaired) electrons. The zero-order chi connectivity index (χ0) is 24.9. The maximum absolute atomic E-state index is 13.7. The number of rotatable bonds is 7. The molecule has 0 heterocycles. The lowest BCUT2D eigenvalue weighted by atomic mass is 9.94. The van der Waals surface area contributed by atoms with Crippen LogP contribution in [-0.2, 0) is 14.3 Å². The van der Waals surface area contributed by atoms with Gasteiger partial charge in [-0.15, -0.1) is 0 Å². The van der Waals surface area contributed by atoms with E-state index >= 15 is 0 Å². The van der Waals surface area contributed by atoms with Crippen molar-refractivity contribution >= 4 is 30.5 Å². The van der Waals surface area contributed by atoms with Crippen LogP contribution in [0.5, 0.6) is 0 Å². The average Bonchev–Trinajstić information content (AvgIpc) is 2.60. The summed E-state index contributed by atoms with van der Waals surface area (Å²) in [5.41, 5.74) is 0.237. The summed E-state index contributed by atoms with van der Waals surface area (Å²) in [6.07, 6.45) is -0.711. The maximum atomic E-state index is 13.7. The molecule has 0 aliphatic rings. The minimum atomic E-state index is -0.966. The largest absolute Gasteiger partial charge is 0.444 e. The molecule has 0 saturated carbocycles. The molecule has 2 unspecified atom stereocenters. The fourth-order valence-corrected chi connectivity index (χ4v) is 3.52. The number of benzene rings is 1. The number of nitrogens with zero attached hydrogens (tertiary/aromatic N) is 1. The van der Waals surface area contributed by atoms with Crippen LogP contribution in [0.3, 0.4) is 0 Å². The summed E-state index contributed by atoms with van der Waals surface area (Å²) in [6, 6.07) is 5.58. The van der Waals surface area contributed by atoms with E-state index in [1.165, 1.54) is 4.90 Å². The Balaban J connectivity index is 3.45. The third kappa shape index (κ3) is 8.37. The number of amides is 3. The number of hydrogen-bond acceptors (Lipinski definition) is 5. The molecule has 180 valence electrons. The highest BCUT2D eigenvalue weighted by molar-refractivity contribution is 7.80. The lowest BCUT2D eigenvalue weighted by molar-refractivity contribution is -0.148. The predicted molar refractivity (Wildman–Crippen MR) is 131 cm³/mol. The summed E-state index contributed by atoms with van der Waals surface area (Å²) in [5, 5.41) is 5.55. The van der Waals surface area contributed by atoms with E-state index in [9.17, 15) is 14.4 Å². The van der Waals surface area contributed by atoms with Crippen LogP contribution in [0.1, 0.15) is 72.6 Å². The van der Waals surface area contributed by atoms with E-state index in [0.717, 1.165) is 5.56 Å². The summed E-state index contributed by atoms with van der Waals surface area (Å²) >= 11 is 4.29. The van der Waals surface area contributed by atoms with Gasteiger partial charge in [0, 0.05) is 17.3 Å². The Morgan fingerprint density at radius 2 is 1.66 bits per heavy atom. The Labute approximate surface area is 198 Å². The highest BCUT2D eigenvalue weighted by atomic mass is 32.1. The van der Waals surface area contributed by atoms with Gasteiger partial charge in [-0.2, -0.15) is 12.6 Å². The normalized spacial score (nSPS) is 13.8. The van der Waals surface area contributed by atoms with Crippen molar-refractivity contribution < 1.29 is 19.1 Å². The van der Waals surface area contributed by atoms with Gasteiger partial charge in [0.2, 0.25) is 11.8 Å². The molecule has 2 N–H and O–H groups in total. The van der Waals surface area contributed by atoms with Crippen molar-refractivity contribution in [1.29, 1.82) is 0 Å². The predicted octanol–water partition coefficient (Wildman–Crippen LogP) is 4.01. The number of aryl methyl sites for hydroxylation is 1. The topological polar surface area (TPSA) is 87.7 Å². The third-order valence-corrected chi connectivity index (χ3v) is 4.79. The van der Waals surface area contributed by atoms with Crippen LogP contribution in [-0.4, -0.2) is 51.8 Å². The van der Waals surface area contributed by atoms with Gasteiger partial charge in [-0.3, -0.25) is 9.59 Å². The Morgan fingerprint density at radius 3 is 2.09 bits per heavy atom. The summed E-state index contributed by atoms with van der Waals surface area (Å²) in [7, 11) is 0. The van der Waals surface area contributed by atoms with E-state index in [-0.39, 0.29) is 17.7 Å². The van der Waals surface area contributed by atoms with Crippen molar-refractivity contribution in [2.24, 2.45) is 0 Å². The highest BCUT2D eigenvalue weighted by Gasteiger charge is 2.41. The molecule has 32 heavy (non-hydrogen) atoms. The molecular weight excluding hydrogens is 426 g/mol. The van der Waals surface area contributed by atoms with Gasteiger partial charge in [0.15, 0.2) is 0 Å². The van der Waals surface area contributed by atoms with Gasteiger partial charge in [-0.1, -0.05) is 29.8 Å². The summed E-state index contributed by atoms with van der Waals surface area (Å²) in [4.78, 5) is 41.0. The van der Waals surface area contributed by atoms with E-state index in [4.69, 9.17) is 4.74 Å². The van der Waals surface area contributed by atoms with Gasteiger partial charge in [-0.25, -0.2) is 4.79 Å². The van der Waals surface area contributed by atoms with Gasteiger partial charge in [-0.05, 0) is 67.9 Å². The second-order valence-corrected chi connectivity index (χ2v) is 10.6. The van der Waals surface area contributed by atoms with E-state index in [1.54, 1.807) is 20.8 Å². The molecule has 2 atom stereocenters. The molecule has 8 heteroatoms. The number of hydrogen-bond donors (Lipinski definition) is 3. The molecule has 0 spiro atoms. The molecule has 7 nitrogen and oxygen atoms in total. The van der Waals surface area contributed by atoms with E-state index in [0.29, 0.717) is 5.56 Å². The van der Waals surface area contributed by atoms with Crippen LogP contribution in [0, 0.1) is 6.92 Å². The molecule has 0 fully saturated rings. The molecule has 1 rings (SSSR count). The van der Waals surface area contributed by atoms with Crippen LogP contribution >= 0.6 is 12.6 Å². The fraction of sp³-hybridized carbons (Fsp3) is 0.625. The van der Waals surface area contributed by atoms with Crippen molar-refractivity contribution in [3.8, 4) is 0 Å². The van der Waals surface area contributed by atoms with Gasteiger partial charge in [0.25, 0.3) is 0 Å². The number of carbonyl (C=O) groups excluding carboxylic acids is 3. The van der Waals surface area contributed by atoms with Gasteiger partial charge in [0.1, 0.15) is 17.7 Å².